The number of nitrogens with one attached hydrogen (secondary N) is 1. The summed E-state index contributed by atoms with van der Waals surface area (Å²) in [6.07, 6.45) is 10.2. The number of rotatable bonds is 5. The van der Waals surface area contributed by atoms with E-state index in [2.05, 4.69) is 25.4 Å². The number of piperidine rings is 1. The van der Waals surface area contributed by atoms with E-state index in [4.69, 9.17) is 9.97 Å². The van der Waals surface area contributed by atoms with Gasteiger partial charge in [-0.3, -0.25) is 4.31 Å². The average Bonchev–Trinajstić information content (AvgIpc) is 3.59. The Kier molecular flexibility index (Phi) is 5.14. The number of aryl methyl sites for hydroxylation is 2. The van der Waals surface area contributed by atoms with Gasteiger partial charge in [0.25, 0.3) is 0 Å². The Balaban J connectivity index is 1.38. The van der Waals surface area contributed by atoms with Crippen molar-refractivity contribution in [3.05, 3.63) is 47.5 Å². The molecule has 3 heterocycles. The summed E-state index contributed by atoms with van der Waals surface area (Å²) in [6, 6.07) is 7.71. The predicted molar refractivity (Wildman–Crippen MR) is 126 cm³/mol. The zero-order valence-electron chi connectivity index (χ0n) is 18.2. The van der Waals surface area contributed by atoms with E-state index in [0.717, 1.165) is 80.1 Å². The highest BCUT2D eigenvalue weighted by molar-refractivity contribution is 7.96. The van der Waals surface area contributed by atoms with Gasteiger partial charge in [0.15, 0.2) is 0 Å². The molecule has 0 radical (unpaired) electrons. The van der Waals surface area contributed by atoms with Crippen molar-refractivity contribution in [1.29, 1.82) is 0 Å². The first-order valence-corrected chi connectivity index (χ1v) is 12.7. The summed E-state index contributed by atoms with van der Waals surface area (Å²) in [4.78, 5) is 14.6. The molecule has 6 rings (SSSR count). The Bertz CT molecular complexity index is 1150. The standard InChI is InChI=1S/C24H27FN6S/c1-32-30-12-10-16(11-13-30)27-24-26-14-15-6-9-20-22(21(15)29-24)31(17-7-8-17)23(28-20)18-4-2-3-5-19(18)25/h2-5,14,16-17H,6-13H2,1H3,(H,26,27,29). The number of halogens is 1. The lowest BCUT2D eigenvalue weighted by atomic mass is 9.98. The molecular formula is C24H27FN6S. The van der Waals surface area contributed by atoms with Gasteiger partial charge in [-0.1, -0.05) is 24.1 Å². The molecule has 0 spiro atoms. The van der Waals surface area contributed by atoms with Crippen LogP contribution in [0.25, 0.3) is 22.8 Å². The Morgan fingerprint density at radius 3 is 2.62 bits per heavy atom. The largest absolute Gasteiger partial charge is 0.351 e. The number of benzene rings is 1. The topological polar surface area (TPSA) is 58.9 Å². The van der Waals surface area contributed by atoms with Gasteiger partial charge in [-0.2, -0.15) is 0 Å². The average molecular weight is 451 g/mol. The molecule has 3 aromatic rings. The Morgan fingerprint density at radius 1 is 1.06 bits per heavy atom. The van der Waals surface area contributed by atoms with Crippen molar-refractivity contribution < 1.29 is 4.39 Å². The second-order valence-electron chi connectivity index (χ2n) is 8.91. The van der Waals surface area contributed by atoms with Crippen LogP contribution < -0.4 is 5.32 Å². The lowest BCUT2D eigenvalue weighted by Gasteiger charge is -2.30. The monoisotopic (exact) mass is 450 g/mol. The second kappa shape index (κ2) is 8.15. The van der Waals surface area contributed by atoms with Gasteiger partial charge in [-0.15, -0.1) is 0 Å². The SMILES string of the molecule is CSN1CCC(Nc2ncc3c(n2)-c2c(nc(-c4ccccc4F)n2C2CC2)CC3)CC1. The van der Waals surface area contributed by atoms with Crippen molar-refractivity contribution in [1.82, 2.24) is 23.8 Å². The zero-order valence-corrected chi connectivity index (χ0v) is 19.0. The van der Waals surface area contributed by atoms with Gasteiger partial charge in [0.1, 0.15) is 11.6 Å². The Morgan fingerprint density at radius 2 is 1.88 bits per heavy atom. The molecule has 1 aromatic carbocycles. The molecule has 1 saturated carbocycles. The van der Waals surface area contributed by atoms with Crippen LogP contribution in [0, 0.1) is 5.82 Å². The molecule has 1 aliphatic heterocycles. The molecule has 0 unspecified atom stereocenters. The first kappa shape index (κ1) is 20.2. The highest BCUT2D eigenvalue weighted by atomic mass is 32.2. The summed E-state index contributed by atoms with van der Waals surface area (Å²) >= 11 is 1.81. The van der Waals surface area contributed by atoms with Crippen LogP contribution >= 0.6 is 11.9 Å². The highest BCUT2D eigenvalue weighted by Crippen LogP contribution is 2.45. The number of fused-ring (bicyclic) bond motifs is 3. The van der Waals surface area contributed by atoms with Crippen molar-refractivity contribution in [3.8, 4) is 22.8 Å². The van der Waals surface area contributed by atoms with Gasteiger partial charge in [-0.25, -0.2) is 19.3 Å². The molecule has 32 heavy (non-hydrogen) atoms. The van der Waals surface area contributed by atoms with E-state index in [1.807, 2.05) is 30.3 Å². The van der Waals surface area contributed by atoms with Gasteiger partial charge in [0.05, 0.1) is 22.6 Å². The zero-order chi connectivity index (χ0) is 21.7. The van der Waals surface area contributed by atoms with Gasteiger partial charge < -0.3 is 9.88 Å². The molecule has 6 nitrogen and oxygen atoms in total. The second-order valence-corrected chi connectivity index (χ2v) is 9.79. The molecule has 1 N–H and O–H groups in total. The first-order chi connectivity index (χ1) is 15.7. The molecule has 0 amide bonds. The fourth-order valence-corrected chi connectivity index (χ4v) is 5.48. The summed E-state index contributed by atoms with van der Waals surface area (Å²) < 4.78 is 19.3. The van der Waals surface area contributed by atoms with E-state index < -0.39 is 0 Å². The maximum Gasteiger partial charge on any atom is 0.223 e. The van der Waals surface area contributed by atoms with Crippen molar-refractivity contribution in [2.24, 2.45) is 0 Å². The summed E-state index contributed by atoms with van der Waals surface area (Å²) in [5.41, 5.74) is 4.79. The van der Waals surface area contributed by atoms with Crippen molar-refractivity contribution in [2.75, 3.05) is 24.7 Å². The third kappa shape index (κ3) is 3.59. The minimum Gasteiger partial charge on any atom is -0.351 e. The van der Waals surface area contributed by atoms with E-state index in [9.17, 15) is 4.39 Å². The smallest absolute Gasteiger partial charge is 0.223 e. The minimum absolute atomic E-state index is 0.224. The van der Waals surface area contributed by atoms with Crippen LogP contribution in [0.3, 0.4) is 0 Å². The fraction of sp³-hybridized carbons (Fsp3) is 0.458. The molecule has 1 saturated heterocycles. The molecule has 2 aliphatic carbocycles. The van der Waals surface area contributed by atoms with Crippen LogP contribution in [0.5, 0.6) is 0 Å². The first-order valence-electron chi connectivity index (χ1n) is 11.5. The van der Waals surface area contributed by atoms with Crippen LogP contribution in [0.4, 0.5) is 10.3 Å². The van der Waals surface area contributed by atoms with E-state index in [1.165, 1.54) is 6.07 Å². The normalized spacial score (nSPS) is 18.9. The van der Waals surface area contributed by atoms with Crippen LogP contribution in [0.2, 0.25) is 0 Å². The number of hydrogen-bond acceptors (Lipinski definition) is 6. The molecular weight excluding hydrogens is 423 g/mol. The van der Waals surface area contributed by atoms with Gasteiger partial charge >= 0.3 is 0 Å². The van der Waals surface area contributed by atoms with Crippen molar-refractivity contribution in [3.63, 3.8) is 0 Å². The molecule has 2 fully saturated rings. The van der Waals surface area contributed by atoms with Crippen LogP contribution in [-0.2, 0) is 12.8 Å². The summed E-state index contributed by atoms with van der Waals surface area (Å²) in [5.74, 6) is 1.20. The number of anilines is 1. The Hall–Kier alpha value is -2.45. The van der Waals surface area contributed by atoms with E-state index in [0.29, 0.717) is 23.6 Å². The predicted octanol–water partition coefficient (Wildman–Crippen LogP) is 4.73. The number of imidazole rings is 1. The third-order valence-corrected chi connectivity index (χ3v) is 7.66. The van der Waals surface area contributed by atoms with Gasteiger partial charge in [-0.05, 0) is 62.5 Å². The lowest BCUT2D eigenvalue weighted by molar-refractivity contribution is 0.358. The summed E-state index contributed by atoms with van der Waals surface area (Å²) in [7, 11) is 0. The Labute approximate surface area is 191 Å². The van der Waals surface area contributed by atoms with Crippen LogP contribution in [0.15, 0.2) is 30.5 Å². The molecule has 8 heteroatoms. The molecule has 3 aliphatic rings. The summed E-state index contributed by atoms with van der Waals surface area (Å²) in [5, 5.41) is 3.57. The number of aromatic nitrogens is 4. The minimum atomic E-state index is -0.224. The van der Waals surface area contributed by atoms with E-state index in [1.54, 1.807) is 6.07 Å². The molecule has 2 aromatic heterocycles. The van der Waals surface area contributed by atoms with Gasteiger partial charge in [0.2, 0.25) is 5.95 Å². The molecule has 166 valence electrons. The highest BCUT2D eigenvalue weighted by Gasteiger charge is 2.35. The van der Waals surface area contributed by atoms with Crippen LogP contribution in [-0.4, -0.2) is 49.2 Å². The fourth-order valence-electron chi connectivity index (χ4n) is 4.91. The maximum absolute atomic E-state index is 14.7. The number of nitrogens with zero attached hydrogens (tertiary/aromatic N) is 5. The molecule has 0 bridgehead atoms. The van der Waals surface area contributed by atoms with Gasteiger partial charge in [0, 0.05) is 31.4 Å². The maximum atomic E-state index is 14.7. The number of hydrogen-bond donors (Lipinski definition) is 1. The quantitative estimate of drug-likeness (QED) is 0.567. The third-order valence-electron chi connectivity index (χ3n) is 6.78. The van der Waals surface area contributed by atoms with Crippen molar-refractivity contribution in [2.45, 2.75) is 50.6 Å². The lowest BCUT2D eigenvalue weighted by Crippen LogP contribution is -2.35. The van der Waals surface area contributed by atoms with E-state index in [-0.39, 0.29) is 5.82 Å². The van der Waals surface area contributed by atoms with E-state index >= 15 is 0 Å². The van der Waals surface area contributed by atoms with Crippen molar-refractivity contribution >= 4 is 17.9 Å². The summed E-state index contributed by atoms with van der Waals surface area (Å²) in [6.45, 7) is 2.16. The molecule has 0 atom stereocenters. The van der Waals surface area contributed by atoms with Crippen LogP contribution in [0.1, 0.15) is 43.0 Å².